The van der Waals surface area contributed by atoms with E-state index in [1.165, 1.54) is 0 Å². The first-order chi connectivity index (χ1) is 13.0. The van der Waals surface area contributed by atoms with Crippen molar-refractivity contribution in [3.05, 3.63) is 34.8 Å². The quantitative estimate of drug-likeness (QED) is 0.236. The van der Waals surface area contributed by atoms with Crippen LogP contribution in [0.1, 0.15) is 25.1 Å². The van der Waals surface area contributed by atoms with E-state index >= 15 is 0 Å². The molecule has 0 radical (unpaired) electrons. The molecule has 27 heavy (non-hydrogen) atoms. The molecule has 5 nitrogen and oxygen atoms in total. The van der Waals surface area contributed by atoms with Gasteiger partial charge in [0.15, 0.2) is 0 Å². The molecule has 0 saturated carbocycles. The third kappa shape index (κ3) is 4.70. The third-order valence-corrected chi connectivity index (χ3v) is 5.63. The van der Waals surface area contributed by atoms with Gasteiger partial charge in [-0.15, -0.1) is 11.3 Å². The number of nitrogens with zero attached hydrogens (tertiary/aromatic N) is 2. The van der Waals surface area contributed by atoms with Gasteiger partial charge in [0.1, 0.15) is 28.8 Å². The van der Waals surface area contributed by atoms with E-state index in [0.29, 0.717) is 13.2 Å². The minimum atomic E-state index is 0.0714. The molecule has 0 aliphatic heterocycles. The van der Waals surface area contributed by atoms with E-state index in [1.807, 2.05) is 44.4 Å². The second kappa shape index (κ2) is 9.16. The van der Waals surface area contributed by atoms with E-state index in [-0.39, 0.29) is 6.10 Å². The molecular weight excluding hydrogens is 475 g/mol. The van der Waals surface area contributed by atoms with Crippen LogP contribution in [0.15, 0.2) is 23.6 Å². The first kappa shape index (κ1) is 20.3. The predicted octanol–water partition coefficient (Wildman–Crippen LogP) is 5.41. The first-order valence-corrected chi connectivity index (χ1v) is 11.2. The fourth-order valence-corrected chi connectivity index (χ4v) is 4.22. The molecule has 0 amide bonds. The van der Waals surface area contributed by atoms with Crippen molar-refractivity contribution in [2.75, 3.05) is 20.3 Å². The second-order valence-electron chi connectivity index (χ2n) is 6.38. The lowest BCUT2D eigenvalue weighted by molar-refractivity contribution is 0.146. The van der Waals surface area contributed by atoms with Crippen molar-refractivity contribution in [2.24, 2.45) is 0 Å². The molecular formula is C20H23IN2O3S. The average molecular weight is 498 g/mol. The number of rotatable bonds is 8. The van der Waals surface area contributed by atoms with E-state index in [2.05, 4.69) is 27.6 Å². The van der Waals surface area contributed by atoms with Crippen molar-refractivity contribution in [1.29, 1.82) is 0 Å². The Hall–Kier alpha value is -1.45. The average Bonchev–Trinajstić information content (AvgIpc) is 3.07. The van der Waals surface area contributed by atoms with Crippen LogP contribution in [-0.4, -0.2) is 36.4 Å². The zero-order valence-corrected chi connectivity index (χ0v) is 18.9. The molecule has 3 aromatic rings. The minimum Gasteiger partial charge on any atom is -0.491 e. The Kier molecular flexibility index (Phi) is 6.88. The summed E-state index contributed by atoms with van der Waals surface area (Å²) in [5.74, 6) is 1.66. The van der Waals surface area contributed by atoms with Crippen LogP contribution in [0.25, 0.3) is 21.6 Å². The lowest BCUT2D eigenvalue weighted by Gasteiger charge is -2.17. The van der Waals surface area contributed by atoms with Crippen LogP contribution in [0, 0.1) is 6.92 Å². The highest BCUT2D eigenvalue weighted by molar-refractivity contribution is 14.1. The van der Waals surface area contributed by atoms with Gasteiger partial charge in [-0.3, -0.25) is 0 Å². The van der Waals surface area contributed by atoms with Crippen molar-refractivity contribution >= 4 is 44.8 Å². The van der Waals surface area contributed by atoms with Crippen LogP contribution in [0.4, 0.5) is 0 Å². The number of thiazole rings is 1. The third-order valence-electron chi connectivity index (χ3n) is 3.88. The van der Waals surface area contributed by atoms with Crippen LogP contribution in [0.5, 0.6) is 11.5 Å². The van der Waals surface area contributed by atoms with Crippen LogP contribution >= 0.6 is 33.9 Å². The fraction of sp³-hybridized carbons (Fsp3) is 0.400. The molecule has 0 aliphatic rings. The molecule has 1 aromatic carbocycles. The van der Waals surface area contributed by atoms with E-state index in [4.69, 9.17) is 19.2 Å². The van der Waals surface area contributed by atoms with Crippen molar-refractivity contribution < 1.29 is 14.2 Å². The maximum atomic E-state index is 6.11. The molecule has 0 fully saturated rings. The monoisotopic (exact) mass is 498 g/mol. The Morgan fingerprint density at radius 2 is 1.96 bits per heavy atom. The summed E-state index contributed by atoms with van der Waals surface area (Å²) in [4.78, 5) is 9.54. The number of fused-ring (bicyclic) bond motifs is 1. The Morgan fingerprint density at radius 3 is 2.59 bits per heavy atom. The van der Waals surface area contributed by atoms with E-state index < -0.39 is 0 Å². The highest BCUT2D eigenvalue weighted by Crippen LogP contribution is 2.37. The normalized spacial score (nSPS) is 11.3. The van der Waals surface area contributed by atoms with Gasteiger partial charge in [0.05, 0.1) is 18.2 Å². The fourth-order valence-electron chi connectivity index (χ4n) is 2.73. The van der Waals surface area contributed by atoms with Gasteiger partial charge in [0.25, 0.3) is 0 Å². The van der Waals surface area contributed by atoms with Crippen LogP contribution in [-0.2, 0) is 9.16 Å². The van der Waals surface area contributed by atoms with E-state index in [9.17, 15) is 0 Å². The van der Waals surface area contributed by atoms with Crippen LogP contribution in [0.2, 0.25) is 0 Å². The summed E-state index contributed by atoms with van der Waals surface area (Å²) in [7, 11) is 1.67. The Morgan fingerprint density at radius 1 is 1.15 bits per heavy atom. The van der Waals surface area contributed by atoms with E-state index in [0.717, 1.165) is 48.8 Å². The molecule has 0 aliphatic carbocycles. The number of halogens is 1. The summed E-state index contributed by atoms with van der Waals surface area (Å²) in [6.45, 7) is 7.10. The topological polar surface area (TPSA) is 53.5 Å². The predicted molar refractivity (Wildman–Crippen MR) is 118 cm³/mol. The van der Waals surface area contributed by atoms with Crippen LogP contribution < -0.4 is 9.47 Å². The lowest BCUT2D eigenvalue weighted by atomic mass is 10.1. The van der Waals surface area contributed by atoms with Crippen LogP contribution in [0.3, 0.4) is 0 Å². The molecule has 7 heteroatoms. The van der Waals surface area contributed by atoms with Gasteiger partial charge in [-0.25, -0.2) is 9.97 Å². The molecule has 0 spiro atoms. The number of ether oxygens (including phenoxy) is 3. The molecule has 0 atom stereocenters. The number of methoxy groups -OCH3 is 1. The number of benzene rings is 1. The van der Waals surface area contributed by atoms with Crippen molar-refractivity contribution in [2.45, 2.75) is 31.3 Å². The summed E-state index contributed by atoms with van der Waals surface area (Å²) >= 11 is 3.95. The summed E-state index contributed by atoms with van der Waals surface area (Å²) < 4.78 is 17.9. The molecule has 2 aromatic heterocycles. The van der Waals surface area contributed by atoms with Gasteiger partial charge in [-0.2, -0.15) is 0 Å². The van der Waals surface area contributed by atoms with Gasteiger partial charge < -0.3 is 14.2 Å². The highest BCUT2D eigenvalue weighted by Gasteiger charge is 2.17. The smallest absolute Gasteiger partial charge is 0.142 e. The number of aromatic nitrogens is 2. The summed E-state index contributed by atoms with van der Waals surface area (Å²) in [5, 5.41) is 3.92. The van der Waals surface area contributed by atoms with Gasteiger partial charge in [0.2, 0.25) is 0 Å². The van der Waals surface area contributed by atoms with Crippen molar-refractivity contribution in [3.63, 3.8) is 0 Å². The minimum absolute atomic E-state index is 0.0714. The van der Waals surface area contributed by atoms with E-state index in [1.54, 1.807) is 18.4 Å². The van der Waals surface area contributed by atoms with Gasteiger partial charge in [-0.05, 0) is 32.9 Å². The zero-order valence-electron chi connectivity index (χ0n) is 15.9. The molecule has 0 saturated heterocycles. The SMILES string of the molecule is COCCOc1ccc2c(OC(C)C)cc(-c3nc(C)cs3)nc2c1CI. The molecule has 144 valence electrons. The van der Waals surface area contributed by atoms with Crippen molar-refractivity contribution in [3.8, 4) is 22.2 Å². The zero-order chi connectivity index (χ0) is 19.4. The standard InChI is InChI=1S/C20H23IN2O3S/c1-12(2)26-18-9-16(20-22-13(3)11-27-20)23-19-14(18)5-6-17(15(19)10-21)25-8-7-24-4/h5-6,9,11-12H,7-8,10H2,1-4H3. The molecule has 0 bridgehead atoms. The van der Waals surface area contributed by atoms with Gasteiger partial charge in [-0.1, -0.05) is 22.6 Å². The van der Waals surface area contributed by atoms with Crippen molar-refractivity contribution in [1.82, 2.24) is 9.97 Å². The lowest BCUT2D eigenvalue weighted by Crippen LogP contribution is -2.08. The Balaban J connectivity index is 2.17. The maximum Gasteiger partial charge on any atom is 0.142 e. The number of aryl methyl sites for hydroxylation is 1. The summed E-state index contributed by atoms with van der Waals surface area (Å²) in [6, 6.07) is 6.01. The molecule has 3 rings (SSSR count). The Bertz CT molecular complexity index is 927. The maximum absolute atomic E-state index is 6.11. The van der Waals surface area contributed by atoms with Gasteiger partial charge in [0, 0.05) is 39.6 Å². The largest absolute Gasteiger partial charge is 0.491 e. The number of pyridine rings is 1. The summed E-state index contributed by atoms with van der Waals surface area (Å²) in [5.41, 5.74) is 3.79. The number of hydrogen-bond donors (Lipinski definition) is 0. The first-order valence-electron chi connectivity index (χ1n) is 8.77. The highest BCUT2D eigenvalue weighted by atomic mass is 127. The second-order valence-corrected chi connectivity index (χ2v) is 8.00. The number of hydrogen-bond acceptors (Lipinski definition) is 6. The molecule has 2 heterocycles. The molecule has 0 unspecified atom stereocenters. The molecule has 0 N–H and O–H groups in total. The Labute approximate surface area is 177 Å². The number of alkyl halides is 1. The summed E-state index contributed by atoms with van der Waals surface area (Å²) in [6.07, 6.45) is 0.0714. The van der Waals surface area contributed by atoms with Gasteiger partial charge >= 0.3 is 0 Å².